The van der Waals surface area contributed by atoms with Crippen molar-refractivity contribution in [1.82, 2.24) is 0 Å². The number of rotatable bonds is 8. The number of aryl methyl sites for hydroxylation is 2. The van der Waals surface area contributed by atoms with Crippen molar-refractivity contribution in [3.63, 3.8) is 0 Å². The molecular weight excluding hydrogens is 398 g/mol. The van der Waals surface area contributed by atoms with Crippen molar-refractivity contribution >= 4 is 16.5 Å². The lowest BCUT2D eigenvalue weighted by atomic mass is 10.2. The molecule has 2 atom stereocenters. The molecule has 0 fully saturated rings. The molecule has 3 aromatic carbocycles. The average Bonchev–Trinajstić information content (AvgIpc) is 2.66. The smallest absolute Gasteiger partial charge is 0.222 e. The lowest BCUT2D eigenvalue weighted by Gasteiger charge is -1.97. The van der Waals surface area contributed by atoms with Crippen molar-refractivity contribution in [1.29, 1.82) is 0 Å². The number of hydrogen-bond acceptors (Lipinski definition) is 6. The van der Waals surface area contributed by atoms with Gasteiger partial charge in [0.25, 0.3) is 0 Å². The number of benzene rings is 3. The third-order valence-electron chi connectivity index (χ3n) is 3.57. The monoisotopic (exact) mass is 416 g/mol. The van der Waals surface area contributed by atoms with E-state index in [-0.39, 0.29) is 11.5 Å². The molecule has 3 rings (SSSR count). The Morgan fingerprint density at radius 3 is 1.29 bits per heavy atom. The predicted octanol–water partition coefficient (Wildman–Crippen LogP) is 6.53. The highest BCUT2D eigenvalue weighted by Gasteiger charge is 2.27. The summed E-state index contributed by atoms with van der Waals surface area (Å²) in [5.41, 5.74) is 2.13. The van der Waals surface area contributed by atoms with Gasteiger partial charge in [0.2, 0.25) is 0 Å². The molecule has 0 saturated carbocycles. The Morgan fingerprint density at radius 1 is 0.536 bits per heavy atom. The molecule has 3 aromatic rings. The maximum absolute atomic E-state index is 12.0. The van der Waals surface area contributed by atoms with Crippen LogP contribution in [-0.2, 0) is 9.13 Å². The molecule has 28 heavy (non-hydrogen) atoms. The van der Waals surface area contributed by atoms with E-state index < -0.39 is 16.5 Å². The highest BCUT2D eigenvalue weighted by atomic mass is 31.1. The van der Waals surface area contributed by atoms with Crippen molar-refractivity contribution < 1.29 is 27.2 Å². The van der Waals surface area contributed by atoms with Crippen molar-refractivity contribution in [3.8, 4) is 23.0 Å². The van der Waals surface area contributed by atoms with Crippen LogP contribution < -0.4 is 18.1 Å². The van der Waals surface area contributed by atoms with Crippen molar-refractivity contribution in [3.05, 3.63) is 83.9 Å². The van der Waals surface area contributed by atoms with E-state index in [1.54, 1.807) is 42.5 Å². The Kier molecular flexibility index (Phi) is 6.59. The van der Waals surface area contributed by atoms with Gasteiger partial charge in [-0.15, -0.1) is 0 Å². The lowest BCUT2D eigenvalue weighted by molar-refractivity contribution is 0.409. The van der Waals surface area contributed by atoms with E-state index in [0.29, 0.717) is 11.5 Å². The summed E-state index contributed by atoms with van der Waals surface area (Å²) in [4.78, 5) is 0. The summed E-state index contributed by atoms with van der Waals surface area (Å²) in [6.07, 6.45) is 0. The minimum absolute atomic E-state index is 0.254. The lowest BCUT2D eigenvalue weighted by Crippen LogP contribution is -1.91. The summed E-state index contributed by atoms with van der Waals surface area (Å²) < 4.78 is 45.1. The van der Waals surface area contributed by atoms with Gasteiger partial charge in [0.15, 0.2) is 23.0 Å². The Balaban J connectivity index is 1.57. The zero-order valence-corrected chi connectivity index (χ0v) is 17.1. The van der Waals surface area contributed by atoms with E-state index >= 15 is 0 Å². The van der Waals surface area contributed by atoms with E-state index in [4.69, 9.17) is 18.1 Å². The second-order valence-electron chi connectivity index (χ2n) is 5.91. The van der Waals surface area contributed by atoms with Gasteiger partial charge in [0.1, 0.15) is 0 Å². The second-order valence-corrected chi connectivity index (χ2v) is 7.54. The number of hydrogen-bond donors (Lipinski definition) is 0. The first-order chi connectivity index (χ1) is 13.5. The van der Waals surface area contributed by atoms with Gasteiger partial charge in [-0.05, 0) is 50.2 Å². The topological polar surface area (TPSA) is 71.1 Å². The molecule has 0 aliphatic heterocycles. The largest absolute Gasteiger partial charge is 0.805 e. The van der Waals surface area contributed by atoms with Gasteiger partial charge in [-0.1, -0.05) is 41.5 Å². The van der Waals surface area contributed by atoms with E-state index in [2.05, 4.69) is 0 Å². The quantitative estimate of drug-likeness (QED) is 0.389. The minimum atomic E-state index is -2.43. The van der Waals surface area contributed by atoms with Gasteiger partial charge in [0.05, 0.1) is 0 Å². The molecule has 0 spiro atoms. The van der Waals surface area contributed by atoms with E-state index in [1.165, 1.54) is 6.07 Å². The highest BCUT2D eigenvalue weighted by molar-refractivity contribution is 7.34. The molecule has 8 heteroatoms. The molecule has 0 radical (unpaired) electrons. The highest BCUT2D eigenvalue weighted by Crippen LogP contribution is 2.35. The van der Waals surface area contributed by atoms with Crippen molar-refractivity contribution in [2.45, 2.75) is 13.8 Å². The third-order valence-corrected chi connectivity index (χ3v) is 5.01. The van der Waals surface area contributed by atoms with Crippen LogP contribution in [0.5, 0.6) is 23.0 Å². The van der Waals surface area contributed by atoms with Crippen LogP contribution in [0.4, 0.5) is 0 Å². The molecule has 2 unspecified atom stereocenters. The molecule has 0 bridgehead atoms. The van der Waals surface area contributed by atoms with Crippen molar-refractivity contribution in [2.24, 2.45) is 0 Å². The Hall–Kier alpha value is -2.94. The van der Waals surface area contributed by atoms with Crippen LogP contribution >= 0.6 is 16.5 Å². The van der Waals surface area contributed by atoms with Crippen LogP contribution in [0, 0.1) is 13.8 Å². The zero-order chi connectivity index (χ0) is 19.9. The van der Waals surface area contributed by atoms with Gasteiger partial charge in [-0.3, -0.25) is 0 Å². The van der Waals surface area contributed by atoms with Crippen LogP contribution in [0.2, 0.25) is 0 Å². The van der Waals surface area contributed by atoms with Gasteiger partial charge in [-0.2, -0.15) is 0 Å². The fourth-order valence-electron chi connectivity index (χ4n) is 2.17. The predicted molar refractivity (Wildman–Crippen MR) is 107 cm³/mol. The Labute approximate surface area is 164 Å². The molecule has 0 aromatic heterocycles. The summed E-state index contributed by atoms with van der Waals surface area (Å²) in [6, 6.07) is 20.5. The van der Waals surface area contributed by atoms with Gasteiger partial charge < -0.3 is 0 Å². The molecule has 0 aliphatic carbocycles. The molecular formula is C20H18O6P2+2. The maximum atomic E-state index is 12.0. The first-order valence-electron chi connectivity index (χ1n) is 8.38. The summed E-state index contributed by atoms with van der Waals surface area (Å²) in [7, 11) is -4.86. The maximum Gasteiger partial charge on any atom is 0.805 e. The fraction of sp³-hybridized carbons (Fsp3) is 0.100. The summed E-state index contributed by atoms with van der Waals surface area (Å²) in [5, 5.41) is 0. The van der Waals surface area contributed by atoms with Gasteiger partial charge >= 0.3 is 16.5 Å². The molecule has 0 amide bonds. The summed E-state index contributed by atoms with van der Waals surface area (Å²) >= 11 is 0. The van der Waals surface area contributed by atoms with Gasteiger partial charge in [-0.25, -0.2) is 18.1 Å². The molecule has 0 aliphatic rings. The van der Waals surface area contributed by atoms with Crippen LogP contribution in [-0.4, -0.2) is 0 Å². The van der Waals surface area contributed by atoms with E-state index in [1.807, 2.05) is 38.1 Å². The van der Waals surface area contributed by atoms with Crippen LogP contribution in [0.1, 0.15) is 11.1 Å². The van der Waals surface area contributed by atoms with Crippen LogP contribution in [0.25, 0.3) is 0 Å². The molecule has 0 saturated heterocycles. The second kappa shape index (κ2) is 9.32. The van der Waals surface area contributed by atoms with Crippen molar-refractivity contribution in [2.75, 3.05) is 0 Å². The molecule has 6 nitrogen and oxygen atoms in total. The zero-order valence-electron chi connectivity index (χ0n) is 15.3. The van der Waals surface area contributed by atoms with Gasteiger partial charge in [0, 0.05) is 15.2 Å². The SMILES string of the molecule is Cc1ccc(O[P+](=O)Oc2cccc(O[P+](=O)Oc3ccc(C)cc3)c2)cc1. The first kappa shape index (κ1) is 19.8. The average molecular weight is 416 g/mol. The Bertz CT molecular complexity index is 894. The van der Waals surface area contributed by atoms with E-state index in [9.17, 15) is 9.13 Å². The van der Waals surface area contributed by atoms with Crippen LogP contribution in [0.3, 0.4) is 0 Å². The summed E-state index contributed by atoms with van der Waals surface area (Å²) in [6.45, 7) is 3.89. The first-order valence-corrected chi connectivity index (χ1v) is 10.6. The Morgan fingerprint density at radius 2 is 0.893 bits per heavy atom. The van der Waals surface area contributed by atoms with Crippen LogP contribution in [0.15, 0.2) is 72.8 Å². The third kappa shape index (κ3) is 6.05. The molecule has 142 valence electrons. The fourth-order valence-corrected chi connectivity index (χ4v) is 3.40. The summed E-state index contributed by atoms with van der Waals surface area (Å²) in [5.74, 6) is 1.39. The van der Waals surface area contributed by atoms with E-state index in [0.717, 1.165) is 11.1 Å². The minimum Gasteiger partial charge on any atom is -0.222 e. The standard InChI is InChI=1S/C20H18O6P2/c1-15-6-10-17(11-7-15)23-27(21)25-19-4-3-5-20(14-19)26-28(22)24-18-12-8-16(2)9-13-18/h3-14H,1-2H3/q+2. The normalized spacial score (nSPS) is 11.4. The molecule has 0 N–H and O–H groups in total. The molecule has 0 heterocycles.